The maximum atomic E-state index is 12.8. The highest BCUT2D eigenvalue weighted by atomic mass is 16.5. The second-order valence-electron chi connectivity index (χ2n) is 7.19. The van der Waals surface area contributed by atoms with Gasteiger partial charge in [-0.3, -0.25) is 4.79 Å². The molecule has 0 aliphatic carbocycles. The molecular weight excluding hydrogens is 370 g/mol. The van der Waals surface area contributed by atoms with Gasteiger partial charge in [0.1, 0.15) is 5.82 Å². The van der Waals surface area contributed by atoms with Crippen LogP contribution in [0.15, 0.2) is 29.2 Å². The predicted octanol–water partition coefficient (Wildman–Crippen LogP) is 2.28. The lowest BCUT2D eigenvalue weighted by molar-refractivity contribution is 0.354. The third kappa shape index (κ3) is 3.46. The highest BCUT2D eigenvalue weighted by Crippen LogP contribution is 2.35. The highest BCUT2D eigenvalue weighted by Gasteiger charge is 2.22. The van der Waals surface area contributed by atoms with Crippen LogP contribution in [0.3, 0.4) is 0 Å². The van der Waals surface area contributed by atoms with Crippen LogP contribution in [0, 0.1) is 13.8 Å². The van der Waals surface area contributed by atoms with Gasteiger partial charge >= 0.3 is 0 Å². The second kappa shape index (κ2) is 7.62. The topological polar surface area (TPSA) is 83.6 Å². The molecule has 0 bridgehead atoms. The van der Waals surface area contributed by atoms with Gasteiger partial charge in [0.05, 0.1) is 25.1 Å². The SMILES string of the molecule is COc1cc2[nH]c(N3CCN(c4cc(C)ccn4)CC3)nc(=O)c2c(C)c1OC. The molecule has 1 aromatic carbocycles. The van der Waals surface area contributed by atoms with Crippen molar-refractivity contribution in [3.63, 3.8) is 0 Å². The number of nitrogens with one attached hydrogen (secondary N) is 1. The monoisotopic (exact) mass is 395 g/mol. The van der Waals surface area contributed by atoms with E-state index in [4.69, 9.17) is 9.47 Å². The number of H-pyrrole nitrogens is 1. The van der Waals surface area contributed by atoms with Crippen LogP contribution in [-0.2, 0) is 0 Å². The largest absolute Gasteiger partial charge is 0.493 e. The standard InChI is InChI=1S/C21H25N5O3/c1-13-5-6-22-17(11-13)25-7-9-26(10-8-25)21-23-15-12-16(28-3)19(29-4)14(2)18(15)20(27)24-21/h5-6,11-12H,7-10H2,1-4H3,(H,23,24,27). The molecule has 1 saturated heterocycles. The minimum atomic E-state index is -0.269. The summed E-state index contributed by atoms with van der Waals surface area (Å²) in [5.74, 6) is 2.70. The summed E-state index contributed by atoms with van der Waals surface area (Å²) in [6.45, 7) is 7.02. The van der Waals surface area contributed by atoms with E-state index in [1.54, 1.807) is 20.3 Å². The number of aryl methyl sites for hydroxylation is 2. The zero-order valence-corrected chi connectivity index (χ0v) is 17.2. The van der Waals surface area contributed by atoms with Gasteiger partial charge in [-0.25, -0.2) is 4.98 Å². The van der Waals surface area contributed by atoms with Crippen LogP contribution in [0.1, 0.15) is 11.1 Å². The number of hydrogen-bond acceptors (Lipinski definition) is 7. The lowest BCUT2D eigenvalue weighted by Crippen LogP contribution is -2.47. The first-order chi connectivity index (χ1) is 14.0. The molecule has 152 valence electrons. The van der Waals surface area contributed by atoms with Gasteiger partial charge in [0, 0.05) is 44.0 Å². The number of pyridine rings is 1. The molecule has 3 heterocycles. The molecule has 8 heteroatoms. The Hall–Kier alpha value is -3.29. The maximum Gasteiger partial charge on any atom is 0.282 e. The van der Waals surface area contributed by atoms with Crippen molar-refractivity contribution in [1.82, 2.24) is 15.0 Å². The summed E-state index contributed by atoms with van der Waals surface area (Å²) < 4.78 is 10.8. The smallest absolute Gasteiger partial charge is 0.282 e. The fourth-order valence-electron chi connectivity index (χ4n) is 3.84. The fourth-order valence-corrected chi connectivity index (χ4v) is 3.84. The Balaban J connectivity index is 1.63. The number of fused-ring (bicyclic) bond motifs is 1. The normalized spacial score (nSPS) is 14.3. The van der Waals surface area contributed by atoms with Gasteiger partial charge in [0.15, 0.2) is 11.5 Å². The Morgan fingerprint density at radius 1 is 1.03 bits per heavy atom. The number of ether oxygens (including phenoxy) is 2. The first kappa shape index (κ1) is 19.0. The van der Waals surface area contributed by atoms with Gasteiger partial charge in [-0.1, -0.05) is 0 Å². The minimum Gasteiger partial charge on any atom is -0.493 e. The van der Waals surface area contributed by atoms with E-state index in [0.29, 0.717) is 28.4 Å². The number of piperazine rings is 1. The van der Waals surface area contributed by atoms with Crippen molar-refractivity contribution in [3.8, 4) is 11.5 Å². The molecule has 3 aromatic rings. The molecule has 2 aromatic heterocycles. The van der Waals surface area contributed by atoms with E-state index >= 15 is 0 Å². The Labute approximate surface area is 169 Å². The summed E-state index contributed by atoms with van der Waals surface area (Å²) in [6.07, 6.45) is 1.84. The fraction of sp³-hybridized carbons (Fsp3) is 0.381. The molecule has 0 spiro atoms. The Morgan fingerprint density at radius 2 is 1.76 bits per heavy atom. The van der Waals surface area contributed by atoms with E-state index < -0.39 is 0 Å². The average Bonchev–Trinajstić information content (AvgIpc) is 2.73. The number of benzene rings is 1. The first-order valence-corrected chi connectivity index (χ1v) is 9.60. The van der Waals surface area contributed by atoms with Gasteiger partial charge < -0.3 is 24.3 Å². The molecule has 0 amide bonds. The van der Waals surface area contributed by atoms with E-state index in [1.807, 2.05) is 19.2 Å². The Bertz CT molecular complexity index is 1100. The first-order valence-electron chi connectivity index (χ1n) is 9.60. The summed E-state index contributed by atoms with van der Waals surface area (Å²) in [4.78, 5) is 29.2. The molecule has 4 rings (SSSR count). The van der Waals surface area contributed by atoms with Gasteiger partial charge in [-0.2, -0.15) is 4.98 Å². The van der Waals surface area contributed by atoms with E-state index in [2.05, 4.69) is 37.7 Å². The van der Waals surface area contributed by atoms with Crippen LogP contribution in [0.5, 0.6) is 11.5 Å². The van der Waals surface area contributed by atoms with Crippen LogP contribution in [-0.4, -0.2) is 55.4 Å². The summed E-state index contributed by atoms with van der Waals surface area (Å²) in [6, 6.07) is 5.88. The van der Waals surface area contributed by atoms with Crippen molar-refractivity contribution in [1.29, 1.82) is 0 Å². The van der Waals surface area contributed by atoms with Gasteiger partial charge in [0.25, 0.3) is 5.56 Å². The van der Waals surface area contributed by atoms with Crippen molar-refractivity contribution in [3.05, 3.63) is 45.9 Å². The molecular formula is C21H25N5O3. The number of aromatic amines is 1. The molecule has 1 aliphatic heterocycles. The average molecular weight is 395 g/mol. The molecule has 1 aliphatic rings. The Kier molecular flexibility index (Phi) is 5.00. The molecule has 1 N–H and O–H groups in total. The lowest BCUT2D eigenvalue weighted by Gasteiger charge is -2.35. The van der Waals surface area contributed by atoms with Crippen molar-refractivity contribution in [2.45, 2.75) is 13.8 Å². The van der Waals surface area contributed by atoms with Crippen LogP contribution in [0.25, 0.3) is 10.9 Å². The number of hydrogen-bond donors (Lipinski definition) is 1. The number of nitrogens with zero attached hydrogens (tertiary/aromatic N) is 4. The zero-order chi connectivity index (χ0) is 20.5. The van der Waals surface area contributed by atoms with Crippen molar-refractivity contribution in [2.75, 3.05) is 50.2 Å². The van der Waals surface area contributed by atoms with Crippen molar-refractivity contribution in [2.24, 2.45) is 0 Å². The highest BCUT2D eigenvalue weighted by molar-refractivity contribution is 5.86. The van der Waals surface area contributed by atoms with Gasteiger partial charge in [0.2, 0.25) is 5.95 Å². The summed E-state index contributed by atoms with van der Waals surface area (Å²) in [7, 11) is 3.15. The minimum absolute atomic E-state index is 0.269. The van der Waals surface area contributed by atoms with Crippen LogP contribution >= 0.6 is 0 Å². The molecule has 0 radical (unpaired) electrons. The van der Waals surface area contributed by atoms with Gasteiger partial charge in [-0.05, 0) is 31.5 Å². The molecule has 29 heavy (non-hydrogen) atoms. The van der Waals surface area contributed by atoms with Gasteiger partial charge in [-0.15, -0.1) is 0 Å². The third-order valence-electron chi connectivity index (χ3n) is 5.38. The second-order valence-corrected chi connectivity index (χ2v) is 7.19. The number of anilines is 2. The number of rotatable bonds is 4. The van der Waals surface area contributed by atoms with Crippen molar-refractivity contribution >= 4 is 22.7 Å². The summed E-state index contributed by atoms with van der Waals surface area (Å²) in [5, 5.41) is 0.522. The summed E-state index contributed by atoms with van der Waals surface area (Å²) in [5.41, 5.74) is 2.34. The molecule has 0 atom stereocenters. The van der Waals surface area contributed by atoms with E-state index in [9.17, 15) is 4.79 Å². The maximum absolute atomic E-state index is 12.8. The third-order valence-corrected chi connectivity index (χ3v) is 5.38. The van der Waals surface area contributed by atoms with Crippen molar-refractivity contribution < 1.29 is 9.47 Å². The molecule has 1 fully saturated rings. The quantitative estimate of drug-likeness (QED) is 0.725. The molecule has 0 unspecified atom stereocenters. The molecule has 8 nitrogen and oxygen atoms in total. The van der Waals surface area contributed by atoms with Crippen LogP contribution in [0.4, 0.5) is 11.8 Å². The van der Waals surface area contributed by atoms with E-state index in [0.717, 1.165) is 37.6 Å². The van der Waals surface area contributed by atoms with Crippen LogP contribution < -0.4 is 24.8 Å². The molecule has 0 saturated carbocycles. The lowest BCUT2D eigenvalue weighted by atomic mass is 10.1. The van der Waals surface area contributed by atoms with E-state index in [-0.39, 0.29) is 5.56 Å². The number of methoxy groups -OCH3 is 2. The number of aromatic nitrogens is 3. The Morgan fingerprint density at radius 3 is 2.41 bits per heavy atom. The summed E-state index contributed by atoms with van der Waals surface area (Å²) >= 11 is 0. The predicted molar refractivity (Wildman–Crippen MR) is 114 cm³/mol. The van der Waals surface area contributed by atoms with Crippen LogP contribution in [0.2, 0.25) is 0 Å². The zero-order valence-electron chi connectivity index (χ0n) is 17.2. The van der Waals surface area contributed by atoms with E-state index in [1.165, 1.54) is 5.56 Å².